The van der Waals surface area contributed by atoms with Gasteiger partial charge < -0.3 is 30.0 Å². The maximum absolute atomic E-state index is 13.3. The van der Waals surface area contributed by atoms with Crippen LogP contribution in [0.5, 0.6) is 23.0 Å². The Hall–Kier alpha value is -5.97. The Balaban J connectivity index is 0.000000162. The number of ether oxygens (including phenoxy) is 4. The number of hydrogen-bond acceptors (Lipinski definition) is 9. The number of aryl methyl sites for hydroxylation is 4. The number of carbonyl (C=O) groups is 2. The molecule has 0 saturated heterocycles. The van der Waals surface area contributed by atoms with Crippen LogP contribution in [-0.2, 0) is 14.1 Å². The minimum atomic E-state index is -3.66. The number of benzene rings is 4. The fraction of sp³-hybridized carbons (Fsp3) is 0.158. The summed E-state index contributed by atoms with van der Waals surface area (Å²) in [5.41, 5.74) is 12.0. The van der Waals surface area contributed by atoms with Gasteiger partial charge in [0.25, 0.3) is 11.1 Å². The van der Waals surface area contributed by atoms with E-state index < -0.39 is 17.8 Å². The zero-order valence-electron chi connectivity index (χ0n) is 30.0. The van der Waals surface area contributed by atoms with E-state index in [1.54, 1.807) is 69.6 Å². The van der Waals surface area contributed by atoms with Gasteiger partial charge >= 0.3 is 12.6 Å². The van der Waals surface area contributed by atoms with Gasteiger partial charge in [-0.15, -0.1) is 17.6 Å². The van der Waals surface area contributed by atoms with Gasteiger partial charge in [-0.3, -0.25) is 19.0 Å². The van der Waals surface area contributed by atoms with Crippen molar-refractivity contribution in [2.24, 2.45) is 14.1 Å². The fourth-order valence-corrected chi connectivity index (χ4v) is 6.48. The highest BCUT2D eigenvalue weighted by atomic mass is 35.5. The molecule has 0 unspecified atom stereocenters. The van der Waals surface area contributed by atoms with E-state index in [1.807, 2.05) is 19.1 Å². The second-order valence-electron chi connectivity index (χ2n) is 12.4. The molecule has 4 aromatic carbocycles. The van der Waals surface area contributed by atoms with Gasteiger partial charge in [0.1, 0.15) is 11.4 Å². The van der Waals surface area contributed by atoms with Gasteiger partial charge in [-0.1, -0.05) is 47.5 Å². The highest BCUT2D eigenvalue weighted by Crippen LogP contribution is 2.46. The summed E-state index contributed by atoms with van der Waals surface area (Å²) in [4.78, 5) is 22.9. The molecule has 2 aromatic heterocycles. The van der Waals surface area contributed by atoms with E-state index in [0.29, 0.717) is 16.9 Å². The van der Waals surface area contributed by atoms with E-state index in [2.05, 4.69) is 34.5 Å². The normalized spacial score (nSPS) is 13.9. The maximum Gasteiger partial charge on any atom is 0.586 e. The van der Waals surface area contributed by atoms with Crippen LogP contribution in [0, 0.1) is 13.8 Å². The molecule has 0 aliphatic carbocycles. The Morgan fingerprint density at radius 3 is 1.42 bits per heavy atom. The number of nitrogens with zero attached hydrogens (tertiary/aromatic N) is 4. The van der Waals surface area contributed by atoms with Crippen LogP contribution in [-0.4, -0.2) is 43.3 Å². The summed E-state index contributed by atoms with van der Waals surface area (Å²) >= 11 is 16.7. The maximum atomic E-state index is 13.3. The summed E-state index contributed by atoms with van der Waals surface area (Å²) in [6.45, 7) is 3.61. The molecule has 0 saturated carbocycles. The average molecular weight is 848 g/mol. The van der Waals surface area contributed by atoms with Crippen LogP contribution in [0.25, 0.3) is 22.3 Å². The molecule has 3 N–H and O–H groups in total. The van der Waals surface area contributed by atoms with Crippen LogP contribution >= 0.6 is 34.8 Å². The second-order valence-corrected chi connectivity index (χ2v) is 13.6. The molecular weight excluding hydrogens is 819 g/mol. The molecular formula is C38H29Cl3F4N6O6. The van der Waals surface area contributed by atoms with Crippen LogP contribution in [0.3, 0.4) is 0 Å². The molecule has 2 aliphatic rings. The summed E-state index contributed by atoms with van der Waals surface area (Å²) in [6.07, 6.45) is -4.48. The zero-order valence-corrected chi connectivity index (χ0v) is 32.3. The molecule has 1 amide bonds. The predicted octanol–water partition coefficient (Wildman–Crippen LogP) is 9.64. The van der Waals surface area contributed by atoms with Crippen LogP contribution in [0.4, 0.5) is 28.9 Å². The smallest absolute Gasteiger partial charge is 0.399 e. The number of nitrogens with one attached hydrogen (secondary N) is 1. The number of rotatable bonds is 5. The van der Waals surface area contributed by atoms with E-state index >= 15 is 0 Å². The number of halogens is 7. The Morgan fingerprint density at radius 1 is 0.667 bits per heavy atom. The largest absolute Gasteiger partial charge is 0.586 e. The van der Waals surface area contributed by atoms with Crippen molar-refractivity contribution in [2.45, 2.75) is 26.4 Å². The SMILES string of the molecule is Cc1cc2c(cc1-c1ccc(N)cc1)OC(F)(F)O2.Cc1cc2c(cc1-c1ccc(NC(=O)c3c(Cl)cnn3C)cc1)OC(F)(F)O2.Cn1ncc(Cl)c1C(=O)Cl. The first-order valence-electron chi connectivity index (χ1n) is 16.4. The minimum absolute atomic E-state index is 0.00295. The highest BCUT2D eigenvalue weighted by Gasteiger charge is 2.44. The minimum Gasteiger partial charge on any atom is -0.399 e. The number of amides is 1. The van der Waals surface area contributed by atoms with Gasteiger partial charge in [-0.25, -0.2) is 0 Å². The van der Waals surface area contributed by atoms with Gasteiger partial charge in [0, 0.05) is 25.5 Å². The van der Waals surface area contributed by atoms with E-state index in [0.717, 1.165) is 27.8 Å². The van der Waals surface area contributed by atoms with Crippen molar-refractivity contribution >= 4 is 57.3 Å². The summed E-state index contributed by atoms with van der Waals surface area (Å²) in [5, 5.41) is 10.3. The van der Waals surface area contributed by atoms with Crippen LogP contribution in [0.2, 0.25) is 10.0 Å². The molecule has 4 heterocycles. The summed E-state index contributed by atoms with van der Waals surface area (Å²) in [5.74, 6) is -0.305. The topological polar surface area (TPSA) is 145 Å². The summed E-state index contributed by atoms with van der Waals surface area (Å²) < 4.78 is 73.1. The molecule has 0 spiro atoms. The third-order valence-corrected chi connectivity index (χ3v) is 9.09. The molecule has 0 atom stereocenters. The lowest BCUT2D eigenvalue weighted by Gasteiger charge is -2.10. The molecule has 0 bridgehead atoms. The molecule has 2 aliphatic heterocycles. The lowest BCUT2D eigenvalue weighted by atomic mass is 9.99. The van der Waals surface area contributed by atoms with E-state index in [1.165, 1.54) is 33.9 Å². The fourth-order valence-electron chi connectivity index (χ4n) is 5.70. The van der Waals surface area contributed by atoms with Crippen molar-refractivity contribution in [2.75, 3.05) is 11.1 Å². The number of alkyl halides is 4. The number of fused-ring (bicyclic) bond motifs is 2. The van der Waals surface area contributed by atoms with Crippen molar-refractivity contribution in [1.29, 1.82) is 0 Å². The third-order valence-electron chi connectivity index (χ3n) is 8.36. The Morgan fingerprint density at radius 2 is 1.05 bits per heavy atom. The van der Waals surface area contributed by atoms with Gasteiger partial charge in [0.2, 0.25) is 0 Å². The average Bonchev–Trinajstić information content (AvgIpc) is 3.84. The lowest BCUT2D eigenvalue weighted by molar-refractivity contribution is -0.287. The number of anilines is 2. The number of aromatic nitrogens is 4. The number of carbonyl (C=O) groups excluding carboxylic acids is 2. The quantitative estimate of drug-likeness (QED) is 0.0985. The standard InChI is InChI=1S/C19H14ClF2N3O3.C14H11F2NO2.C5H4Cl2N2O/c1-10-7-15-16(28-19(21,22)27-15)8-13(10)11-3-5-12(6-4-11)24-18(26)17-14(20)9-23-25(17)2;1-8-6-12-13(19-14(15,16)18-12)7-11(8)9-2-4-10(17)5-3-9;1-9-4(5(7)10)3(6)2-8-9/h3-9H,1-2H3,(H,24,26);2-7H,17H2,1H3;2H,1H3. The predicted molar refractivity (Wildman–Crippen MR) is 205 cm³/mol. The first kappa shape index (κ1) is 40.7. The van der Waals surface area contributed by atoms with Crippen LogP contribution in [0.1, 0.15) is 32.1 Å². The van der Waals surface area contributed by atoms with Crippen molar-refractivity contribution in [1.82, 2.24) is 19.6 Å². The van der Waals surface area contributed by atoms with Gasteiger partial charge in [-0.05, 0) is 107 Å². The number of hydrogen-bond donors (Lipinski definition) is 2. The third kappa shape index (κ3) is 9.20. The highest BCUT2D eigenvalue weighted by molar-refractivity contribution is 6.68. The molecule has 0 fully saturated rings. The van der Waals surface area contributed by atoms with Crippen molar-refractivity contribution < 1.29 is 46.1 Å². The molecule has 0 radical (unpaired) electrons. The second kappa shape index (κ2) is 15.9. The van der Waals surface area contributed by atoms with Crippen LogP contribution < -0.4 is 30.0 Å². The molecule has 57 heavy (non-hydrogen) atoms. The molecule has 8 rings (SSSR count). The Bertz CT molecular complexity index is 2460. The lowest BCUT2D eigenvalue weighted by Crippen LogP contribution is -2.25. The van der Waals surface area contributed by atoms with Gasteiger partial charge in [-0.2, -0.15) is 10.2 Å². The first-order chi connectivity index (χ1) is 26.8. The molecule has 6 aromatic rings. The monoisotopic (exact) mass is 846 g/mol. The first-order valence-corrected chi connectivity index (χ1v) is 17.6. The number of nitrogens with two attached hydrogens (primary N) is 1. The van der Waals surface area contributed by atoms with Gasteiger partial charge in [0.15, 0.2) is 23.0 Å². The Kier molecular flexibility index (Phi) is 11.3. The van der Waals surface area contributed by atoms with Crippen molar-refractivity contribution in [3.8, 4) is 45.3 Å². The van der Waals surface area contributed by atoms with E-state index in [4.69, 9.17) is 40.5 Å². The van der Waals surface area contributed by atoms with Gasteiger partial charge in [0.05, 0.1) is 22.4 Å². The van der Waals surface area contributed by atoms with Crippen molar-refractivity contribution in [3.63, 3.8) is 0 Å². The molecule has 19 heteroatoms. The van der Waals surface area contributed by atoms with Crippen LogP contribution in [0.15, 0.2) is 85.2 Å². The summed E-state index contributed by atoms with van der Waals surface area (Å²) in [6, 6.07) is 20.2. The molecule has 296 valence electrons. The van der Waals surface area contributed by atoms with Crippen molar-refractivity contribution in [3.05, 3.63) is 118 Å². The molecule has 12 nitrogen and oxygen atoms in total. The van der Waals surface area contributed by atoms with E-state index in [-0.39, 0.29) is 50.3 Å². The summed E-state index contributed by atoms with van der Waals surface area (Å²) in [7, 11) is 3.22. The Labute approximate surface area is 336 Å². The number of nitrogen functional groups attached to an aromatic ring is 1. The van der Waals surface area contributed by atoms with E-state index in [9.17, 15) is 27.2 Å². The zero-order chi connectivity index (χ0) is 41.4.